The van der Waals surface area contributed by atoms with Crippen molar-refractivity contribution in [3.8, 4) is 0 Å². The Bertz CT molecular complexity index is 1100. The van der Waals surface area contributed by atoms with Gasteiger partial charge in [0.2, 0.25) is 6.41 Å². The molecule has 1 amide bonds. The second kappa shape index (κ2) is 8.63. The molecule has 152 valence electrons. The van der Waals surface area contributed by atoms with Crippen molar-refractivity contribution in [2.24, 2.45) is 7.05 Å². The first-order valence-corrected chi connectivity index (χ1v) is 9.70. The first-order chi connectivity index (χ1) is 13.8. The number of carboxylic acids is 1. The third kappa shape index (κ3) is 4.07. The average molecular weight is 456 g/mol. The number of carbonyl (C=O) groups excluding carboxylic acids is 1. The molecule has 0 fully saturated rings. The van der Waals surface area contributed by atoms with Crippen molar-refractivity contribution in [3.63, 3.8) is 0 Å². The van der Waals surface area contributed by atoms with E-state index in [1.54, 1.807) is 41.9 Å². The van der Waals surface area contributed by atoms with Gasteiger partial charge in [-0.1, -0.05) is 46.9 Å². The number of amides is 1. The standard InChI is InChI=1S/C20H17Cl3N2O4/c1-24-16-5-4-14(21)20(23)13(16)8-18(24)25(10-27)17(9-26)12-3-2-11(6-15(12)22)7-19(28)29/h2-6,8,10,17,26H,7,9H2,1H3,(H,28,29)/t17-/m1/s1. The Morgan fingerprint density at radius 3 is 2.48 bits per heavy atom. The lowest BCUT2D eigenvalue weighted by Crippen LogP contribution is -2.31. The molecule has 0 unspecified atom stereocenters. The Morgan fingerprint density at radius 2 is 1.90 bits per heavy atom. The van der Waals surface area contributed by atoms with Crippen LogP contribution in [-0.4, -0.2) is 33.8 Å². The second-order valence-corrected chi connectivity index (χ2v) is 7.69. The predicted octanol–water partition coefficient (Wildman–Crippen LogP) is 4.46. The van der Waals surface area contributed by atoms with Crippen LogP contribution in [0.15, 0.2) is 36.4 Å². The van der Waals surface area contributed by atoms with E-state index in [4.69, 9.17) is 39.9 Å². The van der Waals surface area contributed by atoms with Gasteiger partial charge in [0.25, 0.3) is 0 Å². The maximum absolute atomic E-state index is 12.0. The van der Waals surface area contributed by atoms with E-state index in [-0.39, 0.29) is 11.4 Å². The molecule has 0 saturated carbocycles. The van der Waals surface area contributed by atoms with Crippen molar-refractivity contribution in [2.75, 3.05) is 11.5 Å². The molecule has 1 heterocycles. The number of hydrogen-bond donors (Lipinski definition) is 2. The normalized spacial score (nSPS) is 12.2. The van der Waals surface area contributed by atoms with Crippen molar-refractivity contribution in [1.82, 2.24) is 4.57 Å². The van der Waals surface area contributed by atoms with Gasteiger partial charge < -0.3 is 14.8 Å². The van der Waals surface area contributed by atoms with Crippen LogP contribution in [0.3, 0.4) is 0 Å². The number of aromatic nitrogens is 1. The molecule has 2 aromatic carbocycles. The Balaban J connectivity index is 2.08. The molecule has 0 aliphatic heterocycles. The summed E-state index contributed by atoms with van der Waals surface area (Å²) in [6.07, 6.45) is 0.426. The number of nitrogens with zero attached hydrogens (tertiary/aromatic N) is 2. The molecular weight excluding hydrogens is 439 g/mol. The van der Waals surface area contributed by atoms with Crippen LogP contribution in [-0.2, 0) is 23.1 Å². The van der Waals surface area contributed by atoms with Gasteiger partial charge in [-0.2, -0.15) is 0 Å². The molecule has 6 nitrogen and oxygen atoms in total. The van der Waals surface area contributed by atoms with Gasteiger partial charge in [-0.15, -0.1) is 0 Å². The number of carbonyl (C=O) groups is 2. The minimum Gasteiger partial charge on any atom is -0.481 e. The summed E-state index contributed by atoms with van der Waals surface area (Å²) in [5.41, 5.74) is 1.78. The molecule has 9 heteroatoms. The summed E-state index contributed by atoms with van der Waals surface area (Å²) in [5, 5.41) is 20.7. The number of fused-ring (bicyclic) bond motifs is 1. The highest BCUT2D eigenvalue weighted by atomic mass is 35.5. The van der Waals surface area contributed by atoms with Crippen molar-refractivity contribution in [2.45, 2.75) is 12.5 Å². The molecule has 1 aromatic heterocycles. The van der Waals surface area contributed by atoms with E-state index in [0.29, 0.717) is 38.8 Å². The average Bonchev–Trinajstić information content (AvgIpc) is 3.00. The summed E-state index contributed by atoms with van der Waals surface area (Å²) in [7, 11) is 1.77. The summed E-state index contributed by atoms with van der Waals surface area (Å²) in [5.74, 6) is -0.489. The molecule has 29 heavy (non-hydrogen) atoms. The Labute approximate surface area is 181 Å². The number of carboxylic acid groups (broad SMARTS) is 1. The van der Waals surface area contributed by atoms with Gasteiger partial charge in [-0.25, -0.2) is 0 Å². The van der Waals surface area contributed by atoms with Crippen LogP contribution in [0.2, 0.25) is 15.1 Å². The molecule has 0 spiro atoms. The van der Waals surface area contributed by atoms with Gasteiger partial charge in [0.05, 0.1) is 34.6 Å². The molecule has 0 aliphatic rings. The maximum atomic E-state index is 12.0. The van der Waals surface area contributed by atoms with Crippen LogP contribution < -0.4 is 4.90 Å². The van der Waals surface area contributed by atoms with Crippen LogP contribution in [0, 0.1) is 0 Å². The first kappa shape index (κ1) is 21.5. The van der Waals surface area contributed by atoms with Crippen LogP contribution in [0.4, 0.5) is 5.82 Å². The monoisotopic (exact) mass is 454 g/mol. The van der Waals surface area contributed by atoms with Gasteiger partial charge in [0, 0.05) is 17.5 Å². The van der Waals surface area contributed by atoms with E-state index in [1.807, 2.05) is 0 Å². The van der Waals surface area contributed by atoms with Gasteiger partial charge in [-0.05, 0) is 35.4 Å². The highest BCUT2D eigenvalue weighted by Crippen LogP contribution is 2.38. The molecule has 0 bridgehead atoms. The number of aliphatic hydroxyl groups excluding tert-OH is 1. The fourth-order valence-corrected chi connectivity index (χ4v) is 4.04. The zero-order chi connectivity index (χ0) is 21.3. The minimum absolute atomic E-state index is 0.177. The van der Waals surface area contributed by atoms with Crippen molar-refractivity contribution < 1.29 is 19.8 Å². The van der Waals surface area contributed by atoms with Gasteiger partial charge >= 0.3 is 5.97 Å². The lowest BCUT2D eigenvalue weighted by atomic mass is 10.0. The number of benzene rings is 2. The lowest BCUT2D eigenvalue weighted by molar-refractivity contribution is -0.136. The zero-order valence-electron chi connectivity index (χ0n) is 15.3. The Kier molecular flexibility index (Phi) is 6.39. The number of rotatable bonds is 7. The fourth-order valence-electron chi connectivity index (χ4n) is 3.33. The maximum Gasteiger partial charge on any atom is 0.307 e. The smallest absolute Gasteiger partial charge is 0.307 e. The highest BCUT2D eigenvalue weighted by molar-refractivity contribution is 6.45. The fraction of sp³-hybridized carbons (Fsp3) is 0.200. The quantitative estimate of drug-likeness (QED) is 0.515. The molecule has 0 aliphatic carbocycles. The molecule has 3 rings (SSSR count). The SMILES string of the molecule is Cn1c(N(C=O)[C@H](CO)c2ccc(CC(=O)O)cc2Cl)cc2c(Cl)c(Cl)ccc21. The first-order valence-electron chi connectivity index (χ1n) is 8.56. The van der Waals surface area contributed by atoms with Crippen LogP contribution in [0.1, 0.15) is 17.2 Å². The number of hydrogen-bond acceptors (Lipinski definition) is 3. The Morgan fingerprint density at radius 1 is 1.17 bits per heavy atom. The molecule has 1 atom stereocenters. The summed E-state index contributed by atoms with van der Waals surface area (Å²) in [6.45, 7) is -0.396. The Hall–Kier alpha value is -2.25. The van der Waals surface area contributed by atoms with E-state index in [1.165, 1.54) is 11.0 Å². The summed E-state index contributed by atoms with van der Waals surface area (Å²) in [6, 6.07) is 9.14. The third-order valence-electron chi connectivity index (χ3n) is 4.75. The molecule has 3 aromatic rings. The second-order valence-electron chi connectivity index (χ2n) is 6.49. The zero-order valence-corrected chi connectivity index (χ0v) is 17.5. The highest BCUT2D eigenvalue weighted by Gasteiger charge is 2.26. The van der Waals surface area contributed by atoms with Crippen LogP contribution >= 0.6 is 34.8 Å². The minimum atomic E-state index is -0.979. The summed E-state index contributed by atoms with van der Waals surface area (Å²) < 4.78 is 1.77. The number of anilines is 1. The molecule has 2 N–H and O–H groups in total. The number of halogens is 3. The van der Waals surface area contributed by atoms with E-state index in [9.17, 15) is 14.7 Å². The van der Waals surface area contributed by atoms with Crippen molar-refractivity contribution in [1.29, 1.82) is 0 Å². The number of aliphatic carboxylic acids is 1. The van der Waals surface area contributed by atoms with E-state index in [0.717, 1.165) is 5.52 Å². The van der Waals surface area contributed by atoms with Crippen molar-refractivity contribution >= 4 is 63.9 Å². The molecular formula is C20H17Cl3N2O4. The summed E-state index contributed by atoms with van der Waals surface area (Å²) >= 11 is 18.7. The van der Waals surface area contributed by atoms with Crippen LogP contribution in [0.25, 0.3) is 10.9 Å². The molecule has 0 radical (unpaired) electrons. The topological polar surface area (TPSA) is 82.8 Å². The third-order valence-corrected chi connectivity index (χ3v) is 5.90. The summed E-state index contributed by atoms with van der Waals surface area (Å²) in [4.78, 5) is 24.3. The predicted molar refractivity (Wildman–Crippen MR) is 114 cm³/mol. The largest absolute Gasteiger partial charge is 0.481 e. The van der Waals surface area contributed by atoms with E-state index < -0.39 is 18.6 Å². The number of aryl methyl sites for hydroxylation is 1. The van der Waals surface area contributed by atoms with Crippen molar-refractivity contribution in [3.05, 3.63) is 62.6 Å². The van der Waals surface area contributed by atoms with E-state index in [2.05, 4.69) is 0 Å². The van der Waals surface area contributed by atoms with Gasteiger partial charge in [-0.3, -0.25) is 14.5 Å². The lowest BCUT2D eigenvalue weighted by Gasteiger charge is -2.28. The van der Waals surface area contributed by atoms with E-state index >= 15 is 0 Å². The van der Waals surface area contributed by atoms with Gasteiger partial charge in [0.1, 0.15) is 5.82 Å². The molecule has 0 saturated heterocycles. The number of aliphatic hydroxyl groups is 1. The van der Waals surface area contributed by atoms with Crippen LogP contribution in [0.5, 0.6) is 0 Å². The van der Waals surface area contributed by atoms with Gasteiger partial charge in [0.15, 0.2) is 0 Å².